The quantitative estimate of drug-likeness (QED) is 0.408. The van der Waals surface area contributed by atoms with Crippen molar-refractivity contribution in [3.63, 3.8) is 0 Å². The number of ether oxygens (including phenoxy) is 2. The number of benzene rings is 2. The summed E-state index contributed by atoms with van der Waals surface area (Å²) in [6, 6.07) is 13.8. The van der Waals surface area contributed by atoms with Crippen LogP contribution in [-0.2, 0) is 11.3 Å². The molecule has 0 saturated heterocycles. The van der Waals surface area contributed by atoms with E-state index in [-0.39, 0.29) is 11.2 Å². The van der Waals surface area contributed by atoms with Gasteiger partial charge in [0.25, 0.3) is 0 Å². The topological polar surface area (TPSA) is 83.0 Å². The minimum absolute atomic E-state index is 0.0949. The first kappa shape index (κ1) is 21.0. The Kier molecular flexibility index (Phi) is 6.29. The van der Waals surface area contributed by atoms with Crippen LogP contribution in [0.2, 0.25) is 0 Å². The summed E-state index contributed by atoms with van der Waals surface area (Å²) in [6.07, 6.45) is 0. The molecule has 0 aliphatic heterocycles. The van der Waals surface area contributed by atoms with Crippen molar-refractivity contribution in [3.05, 3.63) is 69.3 Å². The van der Waals surface area contributed by atoms with Crippen LogP contribution >= 0.6 is 11.3 Å². The number of hydrogen-bond donors (Lipinski definition) is 0. The minimum Gasteiger partial charge on any atom is -0.492 e. The van der Waals surface area contributed by atoms with Crippen molar-refractivity contribution in [1.82, 2.24) is 4.57 Å². The highest BCUT2D eigenvalue weighted by Crippen LogP contribution is 2.27. The fraction of sp³-hybridized carbons (Fsp3) is 0.261. The second kappa shape index (κ2) is 9.28. The van der Waals surface area contributed by atoms with Crippen molar-refractivity contribution in [2.24, 2.45) is 4.99 Å². The standard InChI is InChI=1S/C23H22N2O5S/c1-3-28-13-12-25-21-18(29-4-2)10-7-11-20(21)31-23(25)24-22(27)19-14-16(26)15-8-5-6-9-17(15)30-19/h5-11,14H,3-4,12-13H2,1-2H3. The molecule has 4 aromatic rings. The number of para-hydroxylation sites is 2. The largest absolute Gasteiger partial charge is 0.492 e. The Balaban J connectivity index is 1.84. The van der Waals surface area contributed by atoms with Crippen LogP contribution in [0, 0.1) is 0 Å². The van der Waals surface area contributed by atoms with Crippen LogP contribution in [0.3, 0.4) is 0 Å². The van der Waals surface area contributed by atoms with Crippen LogP contribution in [-0.4, -0.2) is 30.3 Å². The molecule has 0 bridgehead atoms. The second-order valence-corrected chi connectivity index (χ2v) is 7.67. The molecule has 0 N–H and O–H groups in total. The molecule has 2 aromatic heterocycles. The number of amides is 1. The molecular weight excluding hydrogens is 416 g/mol. The zero-order valence-corrected chi connectivity index (χ0v) is 18.1. The normalized spacial score (nSPS) is 12.0. The molecule has 0 aliphatic carbocycles. The van der Waals surface area contributed by atoms with Crippen LogP contribution < -0.4 is 15.0 Å². The van der Waals surface area contributed by atoms with E-state index in [0.717, 1.165) is 16.0 Å². The Labute approximate surface area is 182 Å². The summed E-state index contributed by atoms with van der Waals surface area (Å²) >= 11 is 1.37. The zero-order chi connectivity index (χ0) is 21.8. The Hall–Kier alpha value is -3.23. The van der Waals surface area contributed by atoms with Crippen LogP contribution in [0.15, 0.2) is 62.7 Å². The Bertz CT molecular complexity index is 1370. The number of nitrogens with zero attached hydrogens (tertiary/aromatic N) is 2. The molecule has 7 nitrogen and oxygen atoms in total. The van der Waals surface area contributed by atoms with Gasteiger partial charge in [-0.15, -0.1) is 0 Å². The SMILES string of the molecule is CCOCCn1c(=NC(=O)c2cc(=O)c3ccccc3o2)sc2cccc(OCC)c21. The molecule has 0 saturated carbocycles. The number of rotatable bonds is 7. The molecule has 160 valence electrons. The molecule has 4 rings (SSSR count). The molecule has 1 amide bonds. The summed E-state index contributed by atoms with van der Waals surface area (Å²) in [5.74, 6) is 0.0129. The Morgan fingerprint density at radius 2 is 1.97 bits per heavy atom. The third kappa shape index (κ3) is 4.30. The number of carbonyl (C=O) groups excluding carboxylic acids is 1. The van der Waals surface area contributed by atoms with Gasteiger partial charge in [0.2, 0.25) is 0 Å². The molecule has 0 unspecified atom stereocenters. The van der Waals surface area contributed by atoms with Gasteiger partial charge in [-0.05, 0) is 38.1 Å². The van der Waals surface area contributed by atoms with Crippen molar-refractivity contribution in [1.29, 1.82) is 0 Å². The van der Waals surface area contributed by atoms with Gasteiger partial charge in [0.1, 0.15) is 16.8 Å². The molecular formula is C23H22N2O5S. The van der Waals surface area contributed by atoms with E-state index >= 15 is 0 Å². The maximum Gasteiger partial charge on any atom is 0.315 e. The Morgan fingerprint density at radius 3 is 2.77 bits per heavy atom. The fourth-order valence-electron chi connectivity index (χ4n) is 3.31. The van der Waals surface area contributed by atoms with Crippen molar-refractivity contribution in [2.45, 2.75) is 20.4 Å². The van der Waals surface area contributed by atoms with Gasteiger partial charge in [-0.1, -0.05) is 29.5 Å². The first-order valence-corrected chi connectivity index (χ1v) is 10.9. The number of aromatic nitrogens is 1. The lowest BCUT2D eigenvalue weighted by Crippen LogP contribution is -2.20. The van der Waals surface area contributed by atoms with E-state index in [2.05, 4.69) is 4.99 Å². The van der Waals surface area contributed by atoms with Gasteiger partial charge in [0.05, 0.1) is 23.3 Å². The van der Waals surface area contributed by atoms with Crippen molar-refractivity contribution in [2.75, 3.05) is 19.8 Å². The minimum atomic E-state index is -0.613. The molecule has 0 radical (unpaired) electrons. The number of hydrogen-bond acceptors (Lipinski definition) is 6. The van der Waals surface area contributed by atoms with E-state index < -0.39 is 5.91 Å². The lowest BCUT2D eigenvalue weighted by molar-refractivity contribution is 0.0971. The van der Waals surface area contributed by atoms with Gasteiger partial charge >= 0.3 is 5.91 Å². The Morgan fingerprint density at radius 1 is 1.13 bits per heavy atom. The molecule has 31 heavy (non-hydrogen) atoms. The molecule has 0 atom stereocenters. The third-order valence-corrected chi connectivity index (χ3v) is 5.71. The van der Waals surface area contributed by atoms with E-state index in [4.69, 9.17) is 13.9 Å². The van der Waals surface area contributed by atoms with E-state index in [0.29, 0.717) is 42.1 Å². The van der Waals surface area contributed by atoms with Crippen LogP contribution in [0.25, 0.3) is 21.2 Å². The predicted octanol–water partition coefficient (Wildman–Crippen LogP) is 3.99. The van der Waals surface area contributed by atoms with Gasteiger partial charge in [0, 0.05) is 19.2 Å². The average molecular weight is 439 g/mol. The van der Waals surface area contributed by atoms with E-state index in [1.54, 1.807) is 24.3 Å². The number of carbonyl (C=O) groups is 1. The first-order valence-electron chi connectivity index (χ1n) is 10.1. The zero-order valence-electron chi connectivity index (χ0n) is 17.3. The summed E-state index contributed by atoms with van der Waals surface area (Å²) in [6.45, 7) is 5.94. The third-order valence-electron chi connectivity index (χ3n) is 4.67. The average Bonchev–Trinajstić information content (AvgIpc) is 3.12. The van der Waals surface area contributed by atoms with Crippen molar-refractivity contribution >= 4 is 38.4 Å². The summed E-state index contributed by atoms with van der Waals surface area (Å²) in [7, 11) is 0. The first-order chi connectivity index (χ1) is 15.1. The highest BCUT2D eigenvalue weighted by atomic mass is 32.1. The molecule has 2 heterocycles. The van der Waals surface area contributed by atoms with Gasteiger partial charge in [-0.2, -0.15) is 4.99 Å². The highest BCUT2D eigenvalue weighted by molar-refractivity contribution is 7.16. The van der Waals surface area contributed by atoms with E-state index in [1.165, 1.54) is 17.4 Å². The van der Waals surface area contributed by atoms with Crippen LogP contribution in [0.4, 0.5) is 0 Å². The van der Waals surface area contributed by atoms with Crippen molar-refractivity contribution in [3.8, 4) is 5.75 Å². The summed E-state index contributed by atoms with van der Waals surface area (Å²) < 4.78 is 19.8. The van der Waals surface area contributed by atoms with E-state index in [9.17, 15) is 9.59 Å². The maximum absolute atomic E-state index is 12.9. The fourth-order valence-corrected chi connectivity index (χ4v) is 4.39. The van der Waals surface area contributed by atoms with Crippen LogP contribution in [0.5, 0.6) is 5.75 Å². The number of thiazole rings is 1. The predicted molar refractivity (Wildman–Crippen MR) is 120 cm³/mol. The van der Waals surface area contributed by atoms with Crippen molar-refractivity contribution < 1.29 is 18.7 Å². The molecule has 0 spiro atoms. The van der Waals surface area contributed by atoms with Gasteiger partial charge in [-0.25, -0.2) is 0 Å². The monoisotopic (exact) mass is 438 g/mol. The smallest absolute Gasteiger partial charge is 0.315 e. The lowest BCUT2D eigenvalue weighted by Gasteiger charge is -2.09. The summed E-state index contributed by atoms with van der Waals surface area (Å²) in [4.78, 5) is 30.1. The summed E-state index contributed by atoms with van der Waals surface area (Å²) in [5.41, 5.74) is 0.938. The number of fused-ring (bicyclic) bond motifs is 2. The molecule has 2 aromatic carbocycles. The maximum atomic E-state index is 12.9. The second-order valence-electron chi connectivity index (χ2n) is 6.66. The molecule has 0 fully saturated rings. The van der Waals surface area contributed by atoms with Gasteiger partial charge < -0.3 is 18.5 Å². The van der Waals surface area contributed by atoms with Crippen LogP contribution in [0.1, 0.15) is 24.4 Å². The summed E-state index contributed by atoms with van der Waals surface area (Å²) in [5, 5.41) is 0.425. The van der Waals surface area contributed by atoms with Gasteiger partial charge in [-0.3, -0.25) is 9.59 Å². The molecule has 0 aliphatic rings. The lowest BCUT2D eigenvalue weighted by atomic mass is 10.2. The van der Waals surface area contributed by atoms with Gasteiger partial charge in [0.15, 0.2) is 16.0 Å². The molecule has 8 heteroatoms. The highest BCUT2D eigenvalue weighted by Gasteiger charge is 2.15. The van der Waals surface area contributed by atoms with E-state index in [1.807, 2.05) is 36.6 Å².